The summed E-state index contributed by atoms with van der Waals surface area (Å²) in [5.41, 5.74) is 0. The van der Waals surface area contributed by atoms with Gasteiger partial charge in [0.05, 0.1) is 0 Å². The summed E-state index contributed by atoms with van der Waals surface area (Å²) in [6.07, 6.45) is 3.33. The molecule has 0 aromatic carbocycles. The van der Waals surface area contributed by atoms with E-state index in [9.17, 15) is 4.79 Å². The van der Waals surface area contributed by atoms with Crippen LogP contribution >= 0.6 is 22.5 Å². The lowest BCUT2D eigenvalue weighted by Crippen LogP contribution is -2.33. The third-order valence-electron chi connectivity index (χ3n) is 2.07. The molecule has 0 heterocycles. The highest BCUT2D eigenvalue weighted by molar-refractivity contribution is 8.69. The molecule has 0 aliphatic heterocycles. The Kier molecular flexibility index (Phi) is 5.84. The molecule has 0 aliphatic rings. The monoisotopic (exact) mass is 208 g/mol. The molecule has 0 fully saturated rings. The van der Waals surface area contributed by atoms with Crippen LogP contribution in [0.1, 0.15) is 39.5 Å². The molecule has 0 saturated carbocycles. The summed E-state index contributed by atoms with van der Waals surface area (Å²) < 4.78 is -0.668. The molecular weight excluding hydrogens is 192 g/mol. The first kappa shape index (κ1) is 12.2. The van der Waals surface area contributed by atoms with Crippen LogP contribution in [0, 0.1) is 0 Å². The summed E-state index contributed by atoms with van der Waals surface area (Å²) in [6, 6.07) is 0. The topological polar surface area (TPSA) is 37.3 Å². The first-order valence-electron chi connectivity index (χ1n) is 4.19. The van der Waals surface area contributed by atoms with Crippen molar-refractivity contribution in [3.8, 4) is 0 Å². The number of unbranched alkanes of at least 4 members (excludes halogenated alkanes) is 1. The van der Waals surface area contributed by atoms with Gasteiger partial charge in [-0.2, -0.15) is 0 Å². The van der Waals surface area contributed by atoms with Crippen molar-refractivity contribution < 1.29 is 9.90 Å². The zero-order valence-corrected chi connectivity index (χ0v) is 9.25. The number of hydrogen-bond donors (Lipinski definition) is 2. The lowest BCUT2D eigenvalue weighted by molar-refractivity contribution is -0.140. The fourth-order valence-electron chi connectivity index (χ4n) is 1.05. The molecule has 1 N–H and O–H groups in total. The van der Waals surface area contributed by atoms with Crippen molar-refractivity contribution in [3.63, 3.8) is 0 Å². The number of hydrogen-bond acceptors (Lipinski definition) is 3. The molecule has 0 aliphatic carbocycles. The first-order chi connectivity index (χ1) is 5.63. The second kappa shape index (κ2) is 5.75. The molecule has 0 rings (SSSR count). The standard InChI is InChI=1S/C8H16O2S2/c1-3-5-6-8(4-2,12-11)7(9)10/h11H,3-6H2,1-2H3,(H,9,10). The lowest BCUT2D eigenvalue weighted by atomic mass is 9.98. The van der Waals surface area contributed by atoms with Crippen LogP contribution in [0.4, 0.5) is 0 Å². The van der Waals surface area contributed by atoms with E-state index in [1.807, 2.05) is 6.92 Å². The number of carboxylic acids is 1. The van der Waals surface area contributed by atoms with Crippen molar-refractivity contribution in [1.29, 1.82) is 0 Å². The minimum atomic E-state index is -0.738. The van der Waals surface area contributed by atoms with Gasteiger partial charge in [-0.3, -0.25) is 4.79 Å². The highest BCUT2D eigenvalue weighted by atomic mass is 33.1. The predicted octanol–water partition coefficient (Wildman–Crippen LogP) is 2.99. The number of carboxylic acid groups (broad SMARTS) is 1. The van der Waals surface area contributed by atoms with Crippen LogP contribution in [0.2, 0.25) is 0 Å². The second-order valence-electron chi connectivity index (χ2n) is 2.85. The normalized spacial score (nSPS) is 15.6. The SMILES string of the molecule is CCCCC(CC)(SS)C(=O)O. The van der Waals surface area contributed by atoms with E-state index < -0.39 is 10.7 Å². The van der Waals surface area contributed by atoms with Crippen LogP contribution in [0.3, 0.4) is 0 Å². The van der Waals surface area contributed by atoms with Crippen LogP contribution in [-0.2, 0) is 4.79 Å². The zero-order chi connectivity index (χ0) is 9.61. The molecule has 0 spiro atoms. The Bertz CT molecular complexity index is 144. The van der Waals surface area contributed by atoms with E-state index in [-0.39, 0.29) is 0 Å². The molecule has 72 valence electrons. The summed E-state index contributed by atoms with van der Waals surface area (Å²) >= 11 is 4.03. The molecule has 0 aromatic heterocycles. The van der Waals surface area contributed by atoms with Crippen molar-refractivity contribution in [3.05, 3.63) is 0 Å². The molecule has 4 heteroatoms. The van der Waals surface area contributed by atoms with Gasteiger partial charge in [0.15, 0.2) is 0 Å². The van der Waals surface area contributed by atoms with E-state index in [0.717, 1.165) is 23.6 Å². The van der Waals surface area contributed by atoms with Crippen LogP contribution in [0.15, 0.2) is 0 Å². The second-order valence-corrected chi connectivity index (χ2v) is 4.36. The van der Waals surface area contributed by atoms with Crippen LogP contribution < -0.4 is 0 Å². The van der Waals surface area contributed by atoms with Gasteiger partial charge in [-0.05, 0) is 12.8 Å². The van der Waals surface area contributed by atoms with E-state index in [2.05, 4.69) is 18.6 Å². The summed E-state index contributed by atoms with van der Waals surface area (Å²) in [5, 5.41) is 8.98. The predicted molar refractivity (Wildman–Crippen MR) is 56.8 cm³/mol. The van der Waals surface area contributed by atoms with Crippen molar-refractivity contribution in [2.75, 3.05) is 0 Å². The third-order valence-corrected chi connectivity index (χ3v) is 4.14. The maximum Gasteiger partial charge on any atom is 0.320 e. The fraction of sp³-hybridized carbons (Fsp3) is 0.875. The highest BCUT2D eigenvalue weighted by Gasteiger charge is 2.35. The van der Waals surface area contributed by atoms with E-state index in [0.29, 0.717) is 12.8 Å². The Morgan fingerprint density at radius 3 is 2.42 bits per heavy atom. The Balaban J connectivity index is 4.25. The van der Waals surface area contributed by atoms with Gasteiger partial charge in [0.1, 0.15) is 4.75 Å². The molecular formula is C8H16O2S2. The van der Waals surface area contributed by atoms with Gasteiger partial charge in [-0.15, -0.1) is 11.7 Å². The van der Waals surface area contributed by atoms with Crippen LogP contribution in [0.25, 0.3) is 0 Å². The van der Waals surface area contributed by atoms with Crippen LogP contribution in [0.5, 0.6) is 0 Å². The van der Waals surface area contributed by atoms with Crippen molar-refractivity contribution in [2.45, 2.75) is 44.3 Å². The molecule has 0 aromatic rings. The van der Waals surface area contributed by atoms with Gasteiger partial charge < -0.3 is 5.11 Å². The molecule has 0 bridgehead atoms. The Hall–Kier alpha value is 0.170. The van der Waals surface area contributed by atoms with Gasteiger partial charge in [-0.1, -0.05) is 37.5 Å². The maximum atomic E-state index is 10.9. The smallest absolute Gasteiger partial charge is 0.320 e. The number of carbonyl (C=O) groups is 1. The average Bonchev–Trinajstić information content (AvgIpc) is 2.07. The average molecular weight is 208 g/mol. The minimum Gasteiger partial charge on any atom is -0.480 e. The molecule has 12 heavy (non-hydrogen) atoms. The molecule has 1 atom stereocenters. The summed E-state index contributed by atoms with van der Waals surface area (Å²) in [4.78, 5) is 10.9. The zero-order valence-electron chi connectivity index (χ0n) is 7.54. The third kappa shape index (κ3) is 2.90. The number of aliphatic carboxylic acids is 1. The highest BCUT2D eigenvalue weighted by Crippen LogP contribution is 2.36. The summed E-state index contributed by atoms with van der Waals surface area (Å²) in [6.45, 7) is 3.96. The molecule has 0 saturated heterocycles. The minimum absolute atomic E-state index is 0.635. The molecule has 0 radical (unpaired) electrons. The number of rotatable bonds is 6. The fourth-order valence-corrected chi connectivity index (χ4v) is 2.38. The van der Waals surface area contributed by atoms with Crippen molar-refractivity contribution in [1.82, 2.24) is 0 Å². The summed E-state index contributed by atoms with van der Waals surface area (Å²) in [5.74, 6) is -0.738. The molecule has 1 unspecified atom stereocenters. The molecule has 2 nitrogen and oxygen atoms in total. The first-order valence-corrected chi connectivity index (χ1v) is 6.05. The van der Waals surface area contributed by atoms with Crippen molar-refractivity contribution >= 4 is 28.4 Å². The summed E-state index contributed by atoms with van der Waals surface area (Å²) in [7, 11) is 1.16. The quantitative estimate of drug-likeness (QED) is 0.520. The van der Waals surface area contributed by atoms with Gasteiger partial charge >= 0.3 is 5.97 Å². The largest absolute Gasteiger partial charge is 0.480 e. The number of thiol groups is 1. The lowest BCUT2D eigenvalue weighted by Gasteiger charge is -2.24. The van der Waals surface area contributed by atoms with E-state index in [4.69, 9.17) is 5.11 Å². The maximum absolute atomic E-state index is 10.9. The van der Waals surface area contributed by atoms with E-state index in [1.54, 1.807) is 0 Å². The van der Waals surface area contributed by atoms with Gasteiger partial charge in [-0.25, -0.2) is 0 Å². The van der Waals surface area contributed by atoms with Gasteiger partial charge in [0.2, 0.25) is 0 Å². The Morgan fingerprint density at radius 1 is 1.58 bits per heavy atom. The Morgan fingerprint density at radius 2 is 2.17 bits per heavy atom. The van der Waals surface area contributed by atoms with Crippen LogP contribution in [-0.4, -0.2) is 15.8 Å². The molecule has 0 amide bonds. The van der Waals surface area contributed by atoms with E-state index >= 15 is 0 Å². The van der Waals surface area contributed by atoms with Gasteiger partial charge in [0, 0.05) is 0 Å². The van der Waals surface area contributed by atoms with E-state index in [1.165, 1.54) is 0 Å². The van der Waals surface area contributed by atoms with Gasteiger partial charge in [0.25, 0.3) is 0 Å². The Labute approximate surface area is 82.9 Å². The van der Waals surface area contributed by atoms with Crippen molar-refractivity contribution in [2.24, 2.45) is 0 Å².